The molecule has 0 spiro atoms. The minimum Gasteiger partial charge on any atom is -0.497 e. The second-order valence-corrected chi connectivity index (χ2v) is 8.72. The maximum atomic E-state index is 5.45. The van der Waals surface area contributed by atoms with Crippen LogP contribution in [0.3, 0.4) is 0 Å². The molecule has 0 bridgehead atoms. The molecule has 0 aliphatic carbocycles. The first kappa shape index (κ1) is 21.1. The SMILES string of the molecule is COc1ccc(Nc2nccc(-c3sc(SCc4cccnc4)nc3C)n2)c(OC)c1. The van der Waals surface area contributed by atoms with Crippen LogP contribution >= 0.6 is 23.1 Å². The Bertz CT molecular complexity index is 1170. The molecule has 0 amide bonds. The van der Waals surface area contributed by atoms with Gasteiger partial charge in [0.15, 0.2) is 4.34 Å². The second-order valence-electron chi connectivity index (χ2n) is 6.50. The average molecular weight is 452 g/mol. The number of hydrogen-bond acceptors (Lipinski definition) is 9. The zero-order valence-electron chi connectivity index (χ0n) is 17.3. The van der Waals surface area contributed by atoms with Gasteiger partial charge in [-0.1, -0.05) is 17.8 Å². The number of benzene rings is 1. The molecule has 31 heavy (non-hydrogen) atoms. The van der Waals surface area contributed by atoms with Crippen LogP contribution in [0.15, 0.2) is 59.3 Å². The molecular formula is C22H21N5O2S2. The van der Waals surface area contributed by atoms with Crippen molar-refractivity contribution < 1.29 is 9.47 Å². The summed E-state index contributed by atoms with van der Waals surface area (Å²) >= 11 is 3.33. The van der Waals surface area contributed by atoms with E-state index in [9.17, 15) is 0 Å². The maximum absolute atomic E-state index is 5.45. The lowest BCUT2D eigenvalue weighted by molar-refractivity contribution is 0.395. The van der Waals surface area contributed by atoms with E-state index in [2.05, 4.69) is 21.4 Å². The van der Waals surface area contributed by atoms with Crippen molar-refractivity contribution in [1.29, 1.82) is 0 Å². The molecule has 0 saturated carbocycles. The fourth-order valence-corrected chi connectivity index (χ4v) is 4.96. The predicted molar refractivity (Wildman–Crippen MR) is 125 cm³/mol. The average Bonchev–Trinajstić information content (AvgIpc) is 3.19. The lowest BCUT2D eigenvalue weighted by Crippen LogP contribution is -2.00. The van der Waals surface area contributed by atoms with Crippen molar-refractivity contribution in [2.75, 3.05) is 19.5 Å². The number of rotatable bonds is 8. The molecule has 4 rings (SSSR count). The van der Waals surface area contributed by atoms with Gasteiger partial charge in [0.1, 0.15) is 11.5 Å². The number of anilines is 2. The highest BCUT2D eigenvalue weighted by molar-refractivity contribution is 8.00. The van der Waals surface area contributed by atoms with Crippen LogP contribution in [0.5, 0.6) is 11.5 Å². The molecule has 0 atom stereocenters. The molecule has 1 aromatic carbocycles. The lowest BCUT2D eigenvalue weighted by Gasteiger charge is -2.11. The van der Waals surface area contributed by atoms with Crippen LogP contribution < -0.4 is 14.8 Å². The standard InChI is InChI=1S/C22H21N5O2S2/c1-14-20(31-22(25-14)30-13-15-5-4-9-23-12-15)18-8-10-24-21(27-18)26-17-7-6-16(28-2)11-19(17)29-3/h4-12H,13H2,1-3H3,(H,24,26,27). The third-order valence-electron chi connectivity index (χ3n) is 4.41. The molecule has 7 nitrogen and oxygen atoms in total. The summed E-state index contributed by atoms with van der Waals surface area (Å²) in [6, 6.07) is 11.4. The summed E-state index contributed by atoms with van der Waals surface area (Å²) in [5.74, 6) is 2.68. The van der Waals surface area contributed by atoms with Crippen LogP contribution in [0, 0.1) is 6.92 Å². The monoisotopic (exact) mass is 451 g/mol. The number of thioether (sulfide) groups is 1. The van der Waals surface area contributed by atoms with Gasteiger partial charge in [-0.25, -0.2) is 15.0 Å². The zero-order chi connectivity index (χ0) is 21.6. The topological polar surface area (TPSA) is 82.0 Å². The van der Waals surface area contributed by atoms with Crippen molar-refractivity contribution in [3.63, 3.8) is 0 Å². The lowest BCUT2D eigenvalue weighted by atomic mass is 10.2. The first-order chi connectivity index (χ1) is 15.2. The van der Waals surface area contributed by atoms with Gasteiger partial charge in [-0.3, -0.25) is 4.98 Å². The van der Waals surface area contributed by atoms with Gasteiger partial charge < -0.3 is 14.8 Å². The summed E-state index contributed by atoms with van der Waals surface area (Å²) in [4.78, 5) is 18.9. The Kier molecular flexibility index (Phi) is 6.63. The largest absolute Gasteiger partial charge is 0.497 e. The minimum atomic E-state index is 0.485. The molecular weight excluding hydrogens is 430 g/mol. The molecule has 0 radical (unpaired) electrons. The van der Waals surface area contributed by atoms with Gasteiger partial charge in [0.2, 0.25) is 5.95 Å². The van der Waals surface area contributed by atoms with Crippen LogP contribution in [-0.2, 0) is 5.75 Å². The van der Waals surface area contributed by atoms with Crippen LogP contribution in [0.25, 0.3) is 10.6 Å². The second kappa shape index (κ2) is 9.76. The number of methoxy groups -OCH3 is 2. The summed E-state index contributed by atoms with van der Waals surface area (Å²) in [5, 5.41) is 3.23. The van der Waals surface area contributed by atoms with E-state index in [1.807, 2.05) is 43.5 Å². The quantitative estimate of drug-likeness (QED) is 0.359. The molecule has 0 saturated heterocycles. The van der Waals surface area contributed by atoms with Gasteiger partial charge in [-0.15, -0.1) is 11.3 Å². The number of aryl methyl sites for hydroxylation is 1. The number of aromatic nitrogens is 4. The van der Waals surface area contributed by atoms with Crippen molar-refractivity contribution in [2.24, 2.45) is 0 Å². The third-order valence-corrected chi connectivity index (χ3v) is 6.80. The first-order valence-electron chi connectivity index (χ1n) is 9.48. The number of nitrogens with one attached hydrogen (secondary N) is 1. The molecule has 4 aromatic rings. The Morgan fingerprint density at radius 1 is 1.06 bits per heavy atom. The molecule has 158 valence electrons. The number of pyridine rings is 1. The van der Waals surface area contributed by atoms with Crippen LogP contribution in [-0.4, -0.2) is 34.2 Å². The Hall–Kier alpha value is -3.17. The van der Waals surface area contributed by atoms with Crippen molar-refractivity contribution in [2.45, 2.75) is 17.0 Å². The molecule has 9 heteroatoms. The van der Waals surface area contributed by atoms with E-state index in [1.165, 1.54) is 5.56 Å². The normalized spacial score (nSPS) is 10.7. The van der Waals surface area contributed by atoms with E-state index in [0.29, 0.717) is 17.4 Å². The van der Waals surface area contributed by atoms with E-state index in [0.717, 1.165) is 32.0 Å². The van der Waals surface area contributed by atoms with Crippen LogP contribution in [0.4, 0.5) is 11.6 Å². The summed E-state index contributed by atoms with van der Waals surface area (Å²) in [7, 11) is 3.23. The molecule has 3 aromatic heterocycles. The van der Waals surface area contributed by atoms with Gasteiger partial charge in [0, 0.05) is 30.4 Å². The summed E-state index contributed by atoms with van der Waals surface area (Å²) in [6.45, 7) is 2.00. The van der Waals surface area contributed by atoms with E-state index < -0.39 is 0 Å². The Morgan fingerprint density at radius 3 is 2.74 bits per heavy atom. The van der Waals surface area contributed by atoms with Gasteiger partial charge in [-0.2, -0.15) is 0 Å². The van der Waals surface area contributed by atoms with Crippen molar-refractivity contribution in [3.05, 3.63) is 66.2 Å². The van der Waals surface area contributed by atoms with E-state index in [-0.39, 0.29) is 0 Å². The number of thiazole rings is 1. The molecule has 0 unspecified atom stereocenters. The number of ether oxygens (including phenoxy) is 2. The van der Waals surface area contributed by atoms with Crippen molar-refractivity contribution >= 4 is 34.7 Å². The highest BCUT2D eigenvalue weighted by Crippen LogP contribution is 2.36. The smallest absolute Gasteiger partial charge is 0.227 e. The van der Waals surface area contributed by atoms with Crippen molar-refractivity contribution in [3.8, 4) is 22.1 Å². The van der Waals surface area contributed by atoms with Crippen LogP contribution in [0.1, 0.15) is 11.3 Å². The van der Waals surface area contributed by atoms with E-state index >= 15 is 0 Å². The highest BCUT2D eigenvalue weighted by atomic mass is 32.2. The van der Waals surface area contributed by atoms with Crippen molar-refractivity contribution in [1.82, 2.24) is 19.9 Å². The van der Waals surface area contributed by atoms with Crippen LogP contribution in [0.2, 0.25) is 0 Å². The van der Waals surface area contributed by atoms with E-state index in [1.54, 1.807) is 49.7 Å². The fourth-order valence-electron chi connectivity index (χ4n) is 2.87. The predicted octanol–water partition coefficient (Wildman–Crippen LogP) is 5.36. The van der Waals surface area contributed by atoms with Gasteiger partial charge in [0.05, 0.1) is 36.2 Å². The molecule has 1 N–H and O–H groups in total. The van der Waals surface area contributed by atoms with Gasteiger partial charge in [0.25, 0.3) is 0 Å². The summed E-state index contributed by atoms with van der Waals surface area (Å²) in [5.41, 5.74) is 3.71. The molecule has 0 fully saturated rings. The Labute approximate surface area is 188 Å². The zero-order valence-corrected chi connectivity index (χ0v) is 19.0. The maximum Gasteiger partial charge on any atom is 0.227 e. The Balaban J connectivity index is 1.53. The molecule has 0 aliphatic rings. The number of nitrogens with zero attached hydrogens (tertiary/aromatic N) is 4. The molecule has 3 heterocycles. The highest BCUT2D eigenvalue weighted by Gasteiger charge is 2.14. The Morgan fingerprint density at radius 2 is 1.97 bits per heavy atom. The summed E-state index contributed by atoms with van der Waals surface area (Å²) in [6.07, 6.45) is 5.40. The minimum absolute atomic E-state index is 0.485. The third kappa shape index (κ3) is 5.12. The number of hydrogen-bond donors (Lipinski definition) is 1. The van der Waals surface area contributed by atoms with E-state index in [4.69, 9.17) is 19.4 Å². The summed E-state index contributed by atoms with van der Waals surface area (Å²) < 4.78 is 11.7. The first-order valence-corrected chi connectivity index (χ1v) is 11.3. The van der Waals surface area contributed by atoms with Gasteiger partial charge >= 0.3 is 0 Å². The fraction of sp³-hybridized carbons (Fsp3) is 0.182. The molecule has 0 aliphatic heterocycles. The van der Waals surface area contributed by atoms with Gasteiger partial charge in [-0.05, 0) is 36.8 Å².